The van der Waals surface area contributed by atoms with E-state index in [0.29, 0.717) is 6.54 Å². The van der Waals surface area contributed by atoms with Crippen molar-refractivity contribution in [3.63, 3.8) is 0 Å². The highest BCUT2D eigenvalue weighted by molar-refractivity contribution is 7.10. The molecule has 0 amide bonds. The van der Waals surface area contributed by atoms with Crippen LogP contribution < -0.4 is 5.73 Å². The van der Waals surface area contributed by atoms with Gasteiger partial charge >= 0.3 is 0 Å². The molecule has 1 aliphatic rings. The van der Waals surface area contributed by atoms with Crippen LogP contribution in [0.5, 0.6) is 0 Å². The molecule has 3 N–H and O–H groups in total. The summed E-state index contributed by atoms with van der Waals surface area (Å²) < 4.78 is 0. The van der Waals surface area contributed by atoms with Crippen LogP contribution in [0.15, 0.2) is 11.4 Å². The summed E-state index contributed by atoms with van der Waals surface area (Å²) in [6.45, 7) is 2.39. The molecule has 2 nitrogen and oxygen atoms in total. The standard InChI is InChI=1S/C9H13NOS/c1-6-4-8-7(2-3-12-8)9(6,11)5-10/h2-3,6,11H,4-5,10H2,1H3. The number of rotatable bonds is 1. The lowest BCUT2D eigenvalue weighted by Gasteiger charge is -2.26. The van der Waals surface area contributed by atoms with Crippen LogP contribution in [-0.4, -0.2) is 11.7 Å². The minimum absolute atomic E-state index is 0.268. The number of hydrogen-bond acceptors (Lipinski definition) is 3. The third kappa shape index (κ3) is 0.873. The molecule has 66 valence electrons. The molecule has 0 aromatic carbocycles. The molecule has 0 saturated heterocycles. The Bertz CT molecular complexity index is 296. The van der Waals surface area contributed by atoms with E-state index in [1.165, 1.54) is 4.88 Å². The van der Waals surface area contributed by atoms with Crippen LogP contribution in [0, 0.1) is 5.92 Å². The first-order valence-electron chi connectivity index (χ1n) is 4.18. The van der Waals surface area contributed by atoms with Crippen molar-refractivity contribution < 1.29 is 5.11 Å². The van der Waals surface area contributed by atoms with E-state index in [9.17, 15) is 5.11 Å². The van der Waals surface area contributed by atoms with Gasteiger partial charge in [-0.05, 0) is 29.3 Å². The summed E-state index contributed by atoms with van der Waals surface area (Å²) in [5.74, 6) is 0.268. The fraction of sp³-hybridized carbons (Fsp3) is 0.556. The van der Waals surface area contributed by atoms with E-state index in [2.05, 4.69) is 6.92 Å². The summed E-state index contributed by atoms with van der Waals surface area (Å²) in [6.07, 6.45) is 0.973. The second-order valence-corrected chi connectivity index (χ2v) is 4.49. The molecule has 0 saturated carbocycles. The number of hydrogen-bond donors (Lipinski definition) is 2. The molecule has 1 aromatic heterocycles. The normalized spacial score (nSPS) is 33.8. The average Bonchev–Trinajstić information content (AvgIpc) is 2.57. The van der Waals surface area contributed by atoms with Gasteiger partial charge in [-0.2, -0.15) is 0 Å². The third-order valence-corrected chi connectivity index (χ3v) is 3.77. The van der Waals surface area contributed by atoms with E-state index in [4.69, 9.17) is 5.73 Å². The first-order chi connectivity index (χ1) is 5.68. The lowest BCUT2D eigenvalue weighted by molar-refractivity contribution is 0.00499. The van der Waals surface area contributed by atoms with Crippen molar-refractivity contribution in [2.75, 3.05) is 6.54 Å². The van der Waals surface area contributed by atoms with E-state index >= 15 is 0 Å². The highest BCUT2D eigenvalue weighted by Crippen LogP contribution is 2.42. The van der Waals surface area contributed by atoms with Crippen molar-refractivity contribution >= 4 is 11.3 Å². The van der Waals surface area contributed by atoms with Crippen LogP contribution in [0.25, 0.3) is 0 Å². The molecule has 0 radical (unpaired) electrons. The largest absolute Gasteiger partial charge is 0.384 e. The maximum Gasteiger partial charge on any atom is 0.106 e. The van der Waals surface area contributed by atoms with Crippen LogP contribution in [-0.2, 0) is 12.0 Å². The molecule has 1 aromatic rings. The van der Waals surface area contributed by atoms with Crippen molar-refractivity contribution in [1.29, 1.82) is 0 Å². The summed E-state index contributed by atoms with van der Waals surface area (Å²) >= 11 is 1.72. The summed E-state index contributed by atoms with van der Waals surface area (Å²) in [5, 5.41) is 12.2. The Hall–Kier alpha value is -0.380. The van der Waals surface area contributed by atoms with Crippen LogP contribution in [0.1, 0.15) is 17.4 Å². The van der Waals surface area contributed by atoms with E-state index in [1.807, 2.05) is 11.4 Å². The smallest absolute Gasteiger partial charge is 0.106 e. The Kier molecular flexibility index (Phi) is 1.75. The summed E-state index contributed by atoms with van der Waals surface area (Å²) in [6, 6.07) is 2.00. The molecule has 1 aliphatic carbocycles. The van der Waals surface area contributed by atoms with E-state index in [-0.39, 0.29) is 5.92 Å². The van der Waals surface area contributed by atoms with Crippen molar-refractivity contribution in [1.82, 2.24) is 0 Å². The molecular weight excluding hydrogens is 170 g/mol. The molecule has 12 heavy (non-hydrogen) atoms. The molecule has 2 rings (SSSR count). The van der Waals surface area contributed by atoms with Crippen LogP contribution in [0.4, 0.5) is 0 Å². The first-order valence-corrected chi connectivity index (χ1v) is 5.05. The van der Waals surface area contributed by atoms with Gasteiger partial charge < -0.3 is 10.8 Å². The number of aliphatic hydroxyl groups is 1. The van der Waals surface area contributed by atoms with Gasteiger partial charge in [0.15, 0.2) is 0 Å². The second-order valence-electron chi connectivity index (χ2n) is 3.49. The zero-order chi connectivity index (χ0) is 8.77. The minimum atomic E-state index is -0.755. The van der Waals surface area contributed by atoms with Gasteiger partial charge in [-0.25, -0.2) is 0 Å². The van der Waals surface area contributed by atoms with Crippen molar-refractivity contribution in [3.05, 3.63) is 21.9 Å². The van der Waals surface area contributed by atoms with Gasteiger partial charge in [-0.3, -0.25) is 0 Å². The second kappa shape index (κ2) is 2.55. The maximum absolute atomic E-state index is 10.2. The Morgan fingerprint density at radius 2 is 2.58 bits per heavy atom. The number of nitrogens with two attached hydrogens (primary N) is 1. The van der Waals surface area contributed by atoms with E-state index < -0.39 is 5.60 Å². The summed E-state index contributed by atoms with van der Waals surface area (Å²) in [7, 11) is 0. The number of fused-ring (bicyclic) bond motifs is 1. The van der Waals surface area contributed by atoms with E-state index in [0.717, 1.165) is 12.0 Å². The van der Waals surface area contributed by atoms with Crippen LogP contribution >= 0.6 is 11.3 Å². The zero-order valence-corrected chi connectivity index (χ0v) is 7.90. The third-order valence-electron chi connectivity index (χ3n) is 2.83. The Balaban J connectivity index is 2.48. The Morgan fingerprint density at radius 1 is 1.83 bits per heavy atom. The van der Waals surface area contributed by atoms with Gasteiger partial charge in [-0.1, -0.05) is 6.92 Å². The SMILES string of the molecule is CC1Cc2sccc2C1(O)CN. The topological polar surface area (TPSA) is 46.2 Å². The zero-order valence-electron chi connectivity index (χ0n) is 7.08. The molecule has 0 fully saturated rings. The van der Waals surface area contributed by atoms with Gasteiger partial charge in [0.1, 0.15) is 5.60 Å². The van der Waals surface area contributed by atoms with Gasteiger partial charge in [0, 0.05) is 11.4 Å². The average molecular weight is 183 g/mol. The molecule has 2 unspecified atom stereocenters. The molecule has 0 spiro atoms. The first kappa shape index (κ1) is 8.23. The van der Waals surface area contributed by atoms with Crippen molar-refractivity contribution in [3.8, 4) is 0 Å². The van der Waals surface area contributed by atoms with Gasteiger partial charge in [0.25, 0.3) is 0 Å². The fourth-order valence-corrected chi connectivity index (χ4v) is 2.99. The van der Waals surface area contributed by atoms with Crippen molar-refractivity contribution in [2.45, 2.75) is 18.9 Å². The van der Waals surface area contributed by atoms with E-state index in [1.54, 1.807) is 11.3 Å². The summed E-state index contributed by atoms with van der Waals surface area (Å²) in [5.41, 5.74) is 5.89. The highest BCUT2D eigenvalue weighted by atomic mass is 32.1. The molecular formula is C9H13NOS. The Labute approximate surface area is 76.0 Å². The summed E-state index contributed by atoms with van der Waals surface area (Å²) in [4.78, 5) is 1.30. The predicted molar refractivity (Wildman–Crippen MR) is 50.1 cm³/mol. The predicted octanol–water partition coefficient (Wildman–Crippen LogP) is 1.09. The van der Waals surface area contributed by atoms with Crippen LogP contribution in [0.2, 0.25) is 0 Å². The lowest BCUT2D eigenvalue weighted by atomic mass is 9.89. The Morgan fingerprint density at radius 3 is 3.25 bits per heavy atom. The molecule has 0 aliphatic heterocycles. The number of thiophene rings is 1. The quantitative estimate of drug-likeness (QED) is 0.684. The van der Waals surface area contributed by atoms with Gasteiger partial charge in [0.05, 0.1) is 0 Å². The highest BCUT2D eigenvalue weighted by Gasteiger charge is 2.42. The molecule has 2 atom stereocenters. The minimum Gasteiger partial charge on any atom is -0.384 e. The monoisotopic (exact) mass is 183 g/mol. The van der Waals surface area contributed by atoms with Crippen molar-refractivity contribution in [2.24, 2.45) is 11.7 Å². The molecule has 0 bridgehead atoms. The fourth-order valence-electron chi connectivity index (χ4n) is 1.91. The van der Waals surface area contributed by atoms with Gasteiger partial charge in [-0.15, -0.1) is 11.3 Å². The maximum atomic E-state index is 10.2. The lowest BCUT2D eigenvalue weighted by Crippen LogP contribution is -2.37. The molecule has 1 heterocycles. The van der Waals surface area contributed by atoms with Gasteiger partial charge in [0.2, 0.25) is 0 Å². The van der Waals surface area contributed by atoms with Crippen LogP contribution in [0.3, 0.4) is 0 Å². The molecule has 3 heteroatoms.